The van der Waals surface area contributed by atoms with Gasteiger partial charge in [-0.3, -0.25) is 13.9 Å². The van der Waals surface area contributed by atoms with Crippen molar-refractivity contribution in [2.45, 2.75) is 110 Å². The highest BCUT2D eigenvalue weighted by Gasteiger charge is 2.55. The molecule has 0 amide bonds. The minimum absolute atomic E-state index is 0.0845. The van der Waals surface area contributed by atoms with Crippen LogP contribution >= 0.6 is 7.37 Å². The molecule has 6 atom stereocenters. The van der Waals surface area contributed by atoms with Gasteiger partial charge >= 0.3 is 5.69 Å². The Labute approximate surface area is 286 Å². The minimum Gasteiger partial charge on any atom is -0.408 e. The van der Waals surface area contributed by atoms with E-state index >= 15 is 0 Å². The Morgan fingerprint density at radius 3 is 2.33 bits per heavy atom. The number of aromatic nitrogens is 2. The van der Waals surface area contributed by atoms with Gasteiger partial charge in [-0.05, 0) is 44.0 Å². The van der Waals surface area contributed by atoms with Crippen LogP contribution in [0.4, 0.5) is 0 Å². The summed E-state index contributed by atoms with van der Waals surface area (Å²) < 4.78 is 59.5. The van der Waals surface area contributed by atoms with E-state index in [2.05, 4.69) is 33.9 Å². The molecule has 0 N–H and O–H groups in total. The van der Waals surface area contributed by atoms with Gasteiger partial charge in [-0.1, -0.05) is 58.0 Å². The first kappa shape index (κ1) is 40.5. The van der Waals surface area contributed by atoms with Crippen LogP contribution in [0.1, 0.15) is 58.4 Å². The van der Waals surface area contributed by atoms with Crippen molar-refractivity contribution in [3.63, 3.8) is 0 Å². The molecule has 3 rings (SSSR count). The molecule has 12 nitrogen and oxygen atoms in total. The van der Waals surface area contributed by atoms with E-state index in [-0.39, 0.29) is 37.8 Å². The van der Waals surface area contributed by atoms with Crippen LogP contribution in [0.2, 0.25) is 18.1 Å². The first-order chi connectivity index (χ1) is 22.6. The molecule has 1 saturated heterocycles. The first-order valence-corrected chi connectivity index (χ1v) is 21.9. The molecule has 1 aromatic carbocycles. The Kier molecular flexibility index (Phi) is 15.0. The van der Waals surface area contributed by atoms with Gasteiger partial charge in [-0.15, -0.1) is 0 Å². The Bertz CT molecular complexity index is 1460. The van der Waals surface area contributed by atoms with Gasteiger partial charge in [0.25, 0.3) is 5.56 Å². The van der Waals surface area contributed by atoms with E-state index < -0.39 is 57.6 Å². The Morgan fingerprint density at radius 2 is 1.73 bits per heavy atom. The molecule has 1 aliphatic heterocycles. The van der Waals surface area contributed by atoms with E-state index in [1.165, 1.54) is 10.8 Å². The normalized spacial score (nSPS) is 22.1. The Balaban J connectivity index is 2.14. The lowest BCUT2D eigenvalue weighted by atomic mass is 10.1. The Morgan fingerprint density at radius 1 is 1.04 bits per heavy atom. The fourth-order valence-corrected chi connectivity index (χ4v) is 8.26. The van der Waals surface area contributed by atoms with E-state index in [1.807, 2.05) is 37.3 Å². The van der Waals surface area contributed by atoms with Crippen LogP contribution in [0.15, 0.2) is 46.1 Å². The highest BCUT2D eigenvalue weighted by atomic mass is 31.2. The molecular weight excluding hydrogens is 655 g/mol. The largest absolute Gasteiger partial charge is 0.408 e. The number of hydrogen-bond donors (Lipinski definition) is 0. The van der Waals surface area contributed by atoms with Crippen LogP contribution in [-0.2, 0) is 50.5 Å². The van der Waals surface area contributed by atoms with Crippen LogP contribution in [0.25, 0.3) is 0 Å². The molecule has 0 aliphatic carbocycles. The van der Waals surface area contributed by atoms with E-state index in [0.717, 1.165) is 16.6 Å². The fraction of sp³-hybridized carbons (Fsp3) is 0.706. The summed E-state index contributed by atoms with van der Waals surface area (Å²) in [5, 5.41) is -0.172. The quantitative estimate of drug-likeness (QED) is 0.104. The molecule has 1 aromatic heterocycles. The SMILES string of the molecule is CCCO[C@@H](CP(C)(=O)OCC)[C@H]1O[C@@H](n2cc(C)c(=O)n(COCc3ccccc3)c2=O)[C@H](OCCOC)[C@@H]1O[Si](C)(C)C(C)(C)C. The lowest BCUT2D eigenvalue weighted by Gasteiger charge is -2.41. The first-order valence-electron chi connectivity index (χ1n) is 16.8. The number of nitrogens with zero attached hydrogens (tertiary/aromatic N) is 2. The summed E-state index contributed by atoms with van der Waals surface area (Å²) in [6.07, 6.45) is -1.69. The van der Waals surface area contributed by atoms with Gasteiger partial charge in [0.2, 0.25) is 7.37 Å². The predicted octanol–water partition coefficient (Wildman–Crippen LogP) is 5.55. The zero-order valence-electron chi connectivity index (χ0n) is 30.4. The van der Waals surface area contributed by atoms with Crippen molar-refractivity contribution >= 4 is 15.7 Å². The molecule has 1 fully saturated rings. The molecule has 2 aromatic rings. The van der Waals surface area contributed by atoms with Crippen molar-refractivity contribution in [1.29, 1.82) is 0 Å². The standard InChI is InChI=1S/C34H57N2O10PSi/c1-11-18-42-27(23-47(8,39)44-12-2)28-29(46-48(9,10)34(4,5)6)30(43-20-19-40-7)32(45-28)35-21-25(3)31(37)36(33(35)38)24-41-22-26-16-14-13-15-17-26/h13-17,21,27-30,32H,11-12,18-20,22-24H2,1-10H3/t27-,28+,29+,30+,32+,47?/m0/s1. The number of rotatable bonds is 19. The van der Waals surface area contributed by atoms with E-state index in [0.29, 0.717) is 18.8 Å². The van der Waals surface area contributed by atoms with Gasteiger partial charge in [-0.25, -0.2) is 9.36 Å². The summed E-state index contributed by atoms with van der Waals surface area (Å²) in [6.45, 7) is 18.9. The molecule has 2 heterocycles. The maximum atomic E-state index is 14.1. The summed E-state index contributed by atoms with van der Waals surface area (Å²) in [5.74, 6) is 0. The Hall–Kier alpha value is -1.93. The maximum absolute atomic E-state index is 14.1. The van der Waals surface area contributed by atoms with Gasteiger partial charge in [-0.2, -0.15) is 0 Å². The summed E-state index contributed by atoms with van der Waals surface area (Å²) in [4.78, 5) is 27.4. The third kappa shape index (κ3) is 10.5. The second-order valence-electron chi connectivity index (χ2n) is 13.9. The number of aryl methyl sites for hydroxylation is 1. The van der Waals surface area contributed by atoms with Crippen molar-refractivity contribution in [2.75, 3.05) is 46.4 Å². The number of methoxy groups -OCH3 is 1. The highest BCUT2D eigenvalue weighted by Crippen LogP contribution is 2.48. The molecule has 0 saturated carbocycles. The van der Waals surface area contributed by atoms with Crippen molar-refractivity contribution in [2.24, 2.45) is 0 Å². The summed E-state index contributed by atoms with van der Waals surface area (Å²) in [7, 11) is -4.00. The van der Waals surface area contributed by atoms with Crippen LogP contribution in [0.5, 0.6) is 0 Å². The lowest BCUT2D eigenvalue weighted by molar-refractivity contribution is -0.105. The smallest absolute Gasteiger partial charge is 0.335 e. The molecule has 272 valence electrons. The molecule has 14 heteroatoms. The van der Waals surface area contributed by atoms with E-state index in [9.17, 15) is 14.2 Å². The van der Waals surface area contributed by atoms with Crippen molar-refractivity contribution in [3.8, 4) is 0 Å². The average Bonchev–Trinajstić information content (AvgIpc) is 3.35. The zero-order valence-corrected chi connectivity index (χ0v) is 32.3. The van der Waals surface area contributed by atoms with E-state index in [4.69, 9.17) is 32.6 Å². The highest BCUT2D eigenvalue weighted by molar-refractivity contribution is 7.58. The third-order valence-corrected chi connectivity index (χ3v) is 15.2. The van der Waals surface area contributed by atoms with Crippen LogP contribution in [-0.4, -0.2) is 88.2 Å². The molecule has 0 bridgehead atoms. The number of hydrogen-bond acceptors (Lipinski definition) is 10. The maximum Gasteiger partial charge on any atom is 0.335 e. The number of benzene rings is 1. The molecule has 0 radical (unpaired) electrons. The van der Waals surface area contributed by atoms with Gasteiger partial charge in [0.1, 0.15) is 25.0 Å². The minimum atomic E-state index is -3.10. The van der Waals surface area contributed by atoms with Gasteiger partial charge in [0.15, 0.2) is 14.5 Å². The third-order valence-electron chi connectivity index (χ3n) is 8.85. The van der Waals surface area contributed by atoms with E-state index in [1.54, 1.807) is 27.6 Å². The molecule has 48 heavy (non-hydrogen) atoms. The van der Waals surface area contributed by atoms with Gasteiger partial charge in [0.05, 0.1) is 38.7 Å². The van der Waals surface area contributed by atoms with Gasteiger partial charge < -0.3 is 32.6 Å². The van der Waals surface area contributed by atoms with Crippen LogP contribution in [0, 0.1) is 6.92 Å². The second kappa shape index (κ2) is 17.8. The lowest BCUT2D eigenvalue weighted by Crippen LogP contribution is -2.53. The fourth-order valence-electron chi connectivity index (χ4n) is 5.34. The van der Waals surface area contributed by atoms with Crippen molar-refractivity contribution in [1.82, 2.24) is 9.13 Å². The number of ether oxygens (including phenoxy) is 5. The topological polar surface area (TPSA) is 126 Å². The van der Waals surface area contributed by atoms with Crippen molar-refractivity contribution in [3.05, 3.63) is 68.5 Å². The zero-order chi connectivity index (χ0) is 35.7. The molecule has 1 unspecified atom stereocenters. The van der Waals surface area contributed by atoms with Crippen molar-refractivity contribution < 1.29 is 37.2 Å². The van der Waals surface area contributed by atoms with Crippen LogP contribution in [0.3, 0.4) is 0 Å². The molecule has 0 spiro atoms. The average molecular weight is 713 g/mol. The van der Waals surface area contributed by atoms with Crippen LogP contribution < -0.4 is 11.2 Å². The molecular formula is C34H57N2O10PSi. The summed E-state index contributed by atoms with van der Waals surface area (Å²) in [6, 6.07) is 9.52. The second-order valence-corrected chi connectivity index (χ2v) is 21.3. The molecule has 1 aliphatic rings. The summed E-state index contributed by atoms with van der Waals surface area (Å²) >= 11 is 0. The van der Waals surface area contributed by atoms with Gasteiger partial charge in [0, 0.05) is 32.1 Å². The predicted molar refractivity (Wildman–Crippen MR) is 189 cm³/mol. The monoisotopic (exact) mass is 712 g/mol. The summed E-state index contributed by atoms with van der Waals surface area (Å²) in [5.41, 5.74) is 0.168.